The minimum atomic E-state index is -0.578. The van der Waals surface area contributed by atoms with Crippen molar-refractivity contribution in [1.82, 2.24) is 14.3 Å². The van der Waals surface area contributed by atoms with Gasteiger partial charge in [-0.1, -0.05) is 24.3 Å². The lowest BCUT2D eigenvalue weighted by molar-refractivity contribution is -0.111. The number of hydrogen-bond acceptors (Lipinski definition) is 4. The van der Waals surface area contributed by atoms with Crippen LogP contribution in [0.15, 0.2) is 83.9 Å². The highest BCUT2D eigenvalue weighted by molar-refractivity contribution is 6.02. The third kappa shape index (κ3) is 4.74. The largest absolute Gasteiger partial charge is 0.453 e. The van der Waals surface area contributed by atoms with Crippen LogP contribution in [0.1, 0.15) is 11.3 Å². The summed E-state index contributed by atoms with van der Waals surface area (Å²) < 4.78 is 23.0. The van der Waals surface area contributed by atoms with Crippen molar-refractivity contribution in [3.8, 4) is 17.2 Å². The normalized spacial score (nSPS) is 11.0. The van der Waals surface area contributed by atoms with Crippen LogP contribution in [0.25, 0.3) is 11.8 Å². The summed E-state index contributed by atoms with van der Waals surface area (Å²) in [5.41, 5.74) is 1.60. The Balaban J connectivity index is 1.49. The number of anilines is 1. The second kappa shape index (κ2) is 9.35. The molecule has 0 radical (unpaired) electrons. The van der Waals surface area contributed by atoms with Crippen LogP contribution in [0.3, 0.4) is 0 Å². The number of nitrogens with one attached hydrogen (secondary N) is 1. The number of aromatic nitrogens is 3. The number of amides is 1. The Hall–Kier alpha value is -4.46. The first-order chi connectivity index (χ1) is 15.9. The van der Waals surface area contributed by atoms with Crippen molar-refractivity contribution >= 4 is 17.7 Å². The molecule has 0 aliphatic carbocycles. The molecule has 0 aliphatic rings. The first kappa shape index (κ1) is 21.8. The second-order valence-electron chi connectivity index (χ2n) is 7.24. The molecule has 1 amide bonds. The molecule has 0 atom stereocenters. The summed E-state index contributed by atoms with van der Waals surface area (Å²) in [6, 6.07) is 16.8. The SMILES string of the molecule is Cc1c(NC(=O)/C=C/c2ccc(Oc3cccnc3)c(F)c2)c(=O)n(-c2ccccc2)n1C. The van der Waals surface area contributed by atoms with E-state index in [0.29, 0.717) is 22.7 Å². The number of ether oxygens (including phenoxy) is 1. The highest BCUT2D eigenvalue weighted by Gasteiger charge is 2.17. The Bertz CT molecular complexity index is 1380. The van der Waals surface area contributed by atoms with E-state index in [1.165, 1.54) is 35.2 Å². The molecule has 0 spiro atoms. The molecule has 0 saturated heterocycles. The van der Waals surface area contributed by atoms with Crippen molar-refractivity contribution < 1.29 is 13.9 Å². The summed E-state index contributed by atoms with van der Waals surface area (Å²) >= 11 is 0. The zero-order valence-corrected chi connectivity index (χ0v) is 18.0. The van der Waals surface area contributed by atoms with E-state index in [4.69, 9.17) is 4.74 Å². The lowest BCUT2D eigenvalue weighted by atomic mass is 10.2. The standard InChI is InChI=1S/C25H21FN4O3/c1-17-24(25(32)30(29(17)2)19-7-4-3-5-8-19)28-23(31)13-11-18-10-12-22(21(26)15-18)33-20-9-6-14-27-16-20/h3-16H,1-2H3,(H,28,31)/b13-11+. The van der Waals surface area contributed by atoms with Crippen molar-refractivity contribution in [2.45, 2.75) is 6.92 Å². The van der Waals surface area contributed by atoms with Crippen LogP contribution >= 0.6 is 0 Å². The summed E-state index contributed by atoms with van der Waals surface area (Å²) in [6.07, 6.45) is 5.78. The topological polar surface area (TPSA) is 78.2 Å². The van der Waals surface area contributed by atoms with E-state index in [-0.39, 0.29) is 17.0 Å². The molecule has 33 heavy (non-hydrogen) atoms. The number of pyridine rings is 1. The van der Waals surface area contributed by atoms with E-state index in [1.54, 1.807) is 43.0 Å². The molecule has 2 aromatic heterocycles. The number of halogens is 1. The predicted octanol–water partition coefficient (Wildman–Crippen LogP) is 4.46. The quantitative estimate of drug-likeness (QED) is 0.446. The monoisotopic (exact) mass is 444 g/mol. The van der Waals surface area contributed by atoms with Gasteiger partial charge >= 0.3 is 0 Å². The average molecular weight is 444 g/mol. The van der Waals surface area contributed by atoms with Gasteiger partial charge in [0.1, 0.15) is 11.4 Å². The predicted molar refractivity (Wildman–Crippen MR) is 124 cm³/mol. The van der Waals surface area contributed by atoms with E-state index >= 15 is 0 Å². The van der Waals surface area contributed by atoms with E-state index in [0.717, 1.165) is 0 Å². The van der Waals surface area contributed by atoms with Crippen LogP contribution < -0.4 is 15.6 Å². The van der Waals surface area contributed by atoms with Gasteiger partial charge < -0.3 is 10.1 Å². The molecule has 166 valence electrons. The molecule has 0 unspecified atom stereocenters. The van der Waals surface area contributed by atoms with E-state index in [2.05, 4.69) is 10.3 Å². The summed E-state index contributed by atoms with van der Waals surface area (Å²) in [6.45, 7) is 1.75. The molecule has 2 aromatic carbocycles. The zero-order valence-electron chi connectivity index (χ0n) is 18.0. The summed E-state index contributed by atoms with van der Waals surface area (Å²) in [4.78, 5) is 29.3. The molecule has 0 aliphatic heterocycles. The van der Waals surface area contributed by atoms with Gasteiger partial charge in [0.05, 0.1) is 17.6 Å². The number of para-hydroxylation sites is 1. The Morgan fingerprint density at radius 3 is 2.61 bits per heavy atom. The number of nitrogens with zero attached hydrogens (tertiary/aromatic N) is 3. The van der Waals surface area contributed by atoms with Gasteiger partial charge in [0.25, 0.3) is 5.56 Å². The van der Waals surface area contributed by atoms with Gasteiger partial charge in [0.2, 0.25) is 5.91 Å². The lowest BCUT2D eigenvalue weighted by Crippen LogP contribution is -2.22. The molecule has 0 fully saturated rings. The molecule has 4 aromatic rings. The van der Waals surface area contributed by atoms with Gasteiger partial charge in [-0.3, -0.25) is 19.3 Å². The third-order valence-corrected chi connectivity index (χ3v) is 5.05. The third-order valence-electron chi connectivity index (χ3n) is 5.05. The molecule has 1 N–H and O–H groups in total. The minimum Gasteiger partial charge on any atom is -0.453 e. The maximum atomic E-state index is 14.4. The van der Waals surface area contributed by atoms with Gasteiger partial charge in [-0.2, -0.15) is 0 Å². The minimum absolute atomic E-state index is 0.0472. The van der Waals surface area contributed by atoms with Crippen molar-refractivity contribution in [3.63, 3.8) is 0 Å². The number of rotatable bonds is 6. The molecule has 0 saturated carbocycles. The molecule has 8 heteroatoms. The van der Waals surface area contributed by atoms with Crippen LogP contribution in [0, 0.1) is 12.7 Å². The maximum Gasteiger partial charge on any atom is 0.295 e. The molecular weight excluding hydrogens is 423 g/mol. The summed E-state index contributed by atoms with van der Waals surface area (Å²) in [7, 11) is 1.74. The van der Waals surface area contributed by atoms with Crippen molar-refractivity contribution in [2.24, 2.45) is 7.05 Å². The highest BCUT2D eigenvalue weighted by Crippen LogP contribution is 2.25. The molecule has 0 bridgehead atoms. The van der Waals surface area contributed by atoms with Crippen LogP contribution in [0.2, 0.25) is 0 Å². The van der Waals surface area contributed by atoms with Gasteiger partial charge in [-0.25, -0.2) is 9.07 Å². The zero-order chi connectivity index (χ0) is 23.4. The summed E-state index contributed by atoms with van der Waals surface area (Å²) in [5, 5.41) is 2.63. The van der Waals surface area contributed by atoms with Crippen LogP contribution in [0.4, 0.5) is 10.1 Å². The number of carbonyl (C=O) groups is 1. The van der Waals surface area contributed by atoms with Gasteiger partial charge in [-0.05, 0) is 55.0 Å². The second-order valence-corrected chi connectivity index (χ2v) is 7.24. The first-order valence-corrected chi connectivity index (χ1v) is 10.1. The Morgan fingerprint density at radius 1 is 1.12 bits per heavy atom. The highest BCUT2D eigenvalue weighted by atomic mass is 19.1. The van der Waals surface area contributed by atoms with E-state index < -0.39 is 11.7 Å². The Kier molecular flexibility index (Phi) is 6.17. The van der Waals surface area contributed by atoms with Gasteiger partial charge in [-0.15, -0.1) is 0 Å². The van der Waals surface area contributed by atoms with Crippen LogP contribution in [-0.4, -0.2) is 20.3 Å². The molecule has 2 heterocycles. The Labute approximate surface area is 189 Å². The fourth-order valence-electron chi connectivity index (χ4n) is 3.29. The fraction of sp³-hybridized carbons (Fsp3) is 0.0800. The lowest BCUT2D eigenvalue weighted by Gasteiger charge is -2.07. The average Bonchev–Trinajstić information content (AvgIpc) is 3.03. The van der Waals surface area contributed by atoms with Crippen molar-refractivity contribution in [3.05, 3.63) is 107 Å². The van der Waals surface area contributed by atoms with Gasteiger partial charge in [0, 0.05) is 19.3 Å². The van der Waals surface area contributed by atoms with Crippen molar-refractivity contribution in [1.29, 1.82) is 0 Å². The van der Waals surface area contributed by atoms with Crippen LogP contribution in [0.5, 0.6) is 11.5 Å². The number of hydrogen-bond donors (Lipinski definition) is 1. The summed E-state index contributed by atoms with van der Waals surface area (Å²) in [5.74, 6) is -0.618. The van der Waals surface area contributed by atoms with Crippen molar-refractivity contribution in [2.75, 3.05) is 5.32 Å². The first-order valence-electron chi connectivity index (χ1n) is 10.1. The molecule has 7 nitrogen and oxygen atoms in total. The van der Waals surface area contributed by atoms with Crippen LogP contribution in [-0.2, 0) is 11.8 Å². The maximum absolute atomic E-state index is 14.4. The smallest absolute Gasteiger partial charge is 0.295 e. The molecular formula is C25H21FN4O3. The Morgan fingerprint density at radius 2 is 1.91 bits per heavy atom. The van der Waals surface area contributed by atoms with E-state index in [1.807, 2.05) is 30.3 Å². The number of carbonyl (C=O) groups excluding carboxylic acids is 1. The van der Waals surface area contributed by atoms with Gasteiger partial charge in [0.15, 0.2) is 11.6 Å². The number of benzene rings is 2. The van der Waals surface area contributed by atoms with E-state index in [9.17, 15) is 14.0 Å². The molecule has 4 rings (SSSR count). The fourth-order valence-corrected chi connectivity index (χ4v) is 3.29.